The minimum Gasteiger partial charge on any atom is -1.00 e. The van der Waals surface area contributed by atoms with Crippen molar-refractivity contribution >= 4 is 46.7 Å². The Morgan fingerprint density at radius 1 is 1.00 bits per heavy atom. The first-order valence-electron chi connectivity index (χ1n) is 1.11. The van der Waals surface area contributed by atoms with Crippen LogP contribution in [0.5, 0.6) is 0 Å². The van der Waals surface area contributed by atoms with Crippen molar-refractivity contribution < 1.29 is 72.6 Å². The van der Waals surface area contributed by atoms with Crippen molar-refractivity contribution in [2.24, 2.45) is 0 Å². The van der Waals surface area contributed by atoms with Crippen molar-refractivity contribution in [3.63, 3.8) is 0 Å². The van der Waals surface area contributed by atoms with E-state index in [-0.39, 0.29) is 87.5 Å². The van der Waals surface area contributed by atoms with Crippen LogP contribution in [-0.2, 0) is 9.59 Å². The molecule has 0 heterocycles. The van der Waals surface area contributed by atoms with Crippen molar-refractivity contribution in [3.05, 3.63) is 0 Å². The van der Waals surface area contributed by atoms with Gasteiger partial charge in [0.05, 0.1) is 0 Å². The first-order valence-corrected chi connectivity index (χ1v) is 1.11. The summed E-state index contributed by atoms with van der Waals surface area (Å²) in [5, 5.41) is 14.8. The van der Waals surface area contributed by atoms with Crippen LogP contribution in [0.15, 0.2) is 0 Å². The standard InChI is InChI=1S/C2H2O4.2Al.K.7H/c3-1(4)2(5)6;;;;;;;;;;/h(H,3,4)(H,5,6);;;;;;;;;;/q;;;+1;;;;;;;-1. The molecule has 0 saturated heterocycles. The van der Waals surface area contributed by atoms with Crippen LogP contribution in [0.4, 0.5) is 0 Å². The van der Waals surface area contributed by atoms with E-state index in [1.807, 2.05) is 0 Å². The zero-order valence-corrected chi connectivity index (χ0v) is 6.83. The van der Waals surface area contributed by atoms with E-state index in [0.29, 0.717) is 0 Å². The Labute approximate surface area is 117 Å². The molecule has 0 bridgehead atoms. The van der Waals surface area contributed by atoms with Crippen molar-refractivity contribution in [3.8, 4) is 0 Å². The maximum atomic E-state index is 9.10. The third-order valence-electron chi connectivity index (χ3n) is 0.183. The third-order valence-corrected chi connectivity index (χ3v) is 0.183. The fourth-order valence-electron chi connectivity index (χ4n) is 0. The van der Waals surface area contributed by atoms with E-state index in [0.717, 1.165) is 0 Å². The van der Waals surface area contributed by atoms with Gasteiger partial charge in [-0.2, -0.15) is 0 Å². The summed E-state index contributed by atoms with van der Waals surface area (Å²) in [4.78, 5) is 18.2. The van der Waals surface area contributed by atoms with Crippen LogP contribution in [0.25, 0.3) is 0 Å². The molecule has 0 fully saturated rings. The molecular formula is C2H9Al2KO4. The third kappa shape index (κ3) is 17.7. The van der Waals surface area contributed by atoms with Crippen LogP contribution in [0.2, 0.25) is 0 Å². The molecule has 0 rings (SSSR count). The molecule has 0 aliphatic heterocycles. The van der Waals surface area contributed by atoms with Gasteiger partial charge in [0.2, 0.25) is 0 Å². The smallest absolute Gasteiger partial charge is 1.00 e. The van der Waals surface area contributed by atoms with Crippen LogP contribution >= 0.6 is 0 Å². The number of carboxylic acids is 2. The second-order valence-electron chi connectivity index (χ2n) is 0.610. The van der Waals surface area contributed by atoms with Gasteiger partial charge >= 0.3 is 63.3 Å². The Balaban J connectivity index is -0.0000000208. The summed E-state index contributed by atoms with van der Waals surface area (Å²) in [6.07, 6.45) is 0. The van der Waals surface area contributed by atoms with Crippen LogP contribution in [-0.4, -0.2) is 56.9 Å². The monoisotopic (exact) mass is 190 g/mol. The summed E-state index contributed by atoms with van der Waals surface area (Å²) in [7, 11) is 0. The number of hydrogen-bond acceptors (Lipinski definition) is 2. The molecule has 0 aromatic carbocycles. The molecule has 2 N–H and O–H groups in total. The summed E-state index contributed by atoms with van der Waals surface area (Å²) < 4.78 is 0. The average molecular weight is 190 g/mol. The van der Waals surface area contributed by atoms with Gasteiger partial charge in [0, 0.05) is 0 Å². The molecular weight excluding hydrogens is 181 g/mol. The predicted octanol–water partition coefficient (Wildman–Crippen LogP) is -6.10. The molecule has 48 valence electrons. The minimum atomic E-state index is -1.82. The molecule has 9 heavy (non-hydrogen) atoms. The van der Waals surface area contributed by atoms with Gasteiger partial charge in [-0.05, 0) is 0 Å². The fourth-order valence-corrected chi connectivity index (χ4v) is 0. The summed E-state index contributed by atoms with van der Waals surface area (Å²) in [6, 6.07) is 0. The second kappa shape index (κ2) is 12.3. The minimum absolute atomic E-state index is 0. The Hall–Kier alpha value is 1.64. The molecule has 4 nitrogen and oxygen atoms in total. The Bertz CT molecular complexity index is 87.3. The number of carbonyl (C=O) groups is 2. The SMILES string of the molecule is O=C(O)C(=O)O.[AlH3].[AlH3].[H-].[K+]. The Kier molecular flexibility index (Phi) is 30.7. The van der Waals surface area contributed by atoms with E-state index in [2.05, 4.69) is 0 Å². The normalized spacial score (nSPS) is 4.89. The largest absolute Gasteiger partial charge is 1.00 e. The van der Waals surface area contributed by atoms with E-state index in [1.54, 1.807) is 0 Å². The summed E-state index contributed by atoms with van der Waals surface area (Å²) in [5.74, 6) is -3.65. The van der Waals surface area contributed by atoms with E-state index in [4.69, 9.17) is 19.8 Å². The van der Waals surface area contributed by atoms with E-state index in [1.165, 1.54) is 0 Å². The number of hydrogen-bond donors (Lipinski definition) is 2. The number of rotatable bonds is 0. The zero-order valence-electron chi connectivity index (χ0n) is 4.71. The van der Waals surface area contributed by atoms with Crippen LogP contribution < -0.4 is 51.4 Å². The van der Waals surface area contributed by atoms with Gasteiger partial charge in [-0.1, -0.05) is 0 Å². The van der Waals surface area contributed by atoms with Crippen molar-refractivity contribution in [1.29, 1.82) is 0 Å². The second-order valence-corrected chi connectivity index (χ2v) is 0.610. The van der Waals surface area contributed by atoms with Gasteiger partial charge in [-0.15, -0.1) is 0 Å². The first kappa shape index (κ1) is 22.4. The topological polar surface area (TPSA) is 74.6 Å². The molecule has 0 atom stereocenters. The van der Waals surface area contributed by atoms with Gasteiger partial charge in [0.25, 0.3) is 0 Å². The molecule has 0 aromatic heterocycles. The van der Waals surface area contributed by atoms with Gasteiger partial charge in [0.1, 0.15) is 0 Å². The van der Waals surface area contributed by atoms with Crippen molar-refractivity contribution in [1.82, 2.24) is 0 Å². The molecule has 0 amide bonds. The molecule has 0 unspecified atom stereocenters. The van der Waals surface area contributed by atoms with Gasteiger partial charge in [-0.25, -0.2) is 9.59 Å². The van der Waals surface area contributed by atoms with Gasteiger partial charge in [0.15, 0.2) is 34.7 Å². The van der Waals surface area contributed by atoms with Gasteiger partial charge < -0.3 is 11.6 Å². The molecule has 0 aliphatic rings. The average Bonchev–Trinajstić information content (AvgIpc) is 1.36. The zero-order chi connectivity index (χ0) is 5.15. The maximum Gasteiger partial charge on any atom is 1.00 e. The molecule has 0 aliphatic carbocycles. The van der Waals surface area contributed by atoms with Crippen molar-refractivity contribution in [2.75, 3.05) is 0 Å². The number of aliphatic carboxylic acids is 2. The molecule has 0 spiro atoms. The molecule has 0 saturated carbocycles. The molecule has 7 heteroatoms. The summed E-state index contributed by atoms with van der Waals surface area (Å²) in [6.45, 7) is 0. The van der Waals surface area contributed by atoms with E-state index < -0.39 is 11.9 Å². The summed E-state index contributed by atoms with van der Waals surface area (Å²) >= 11 is 0. The Morgan fingerprint density at radius 3 is 1.11 bits per heavy atom. The fraction of sp³-hybridized carbons (Fsp3) is 0. The first-order chi connectivity index (χ1) is 2.64. The van der Waals surface area contributed by atoms with Crippen LogP contribution in [0.1, 0.15) is 1.43 Å². The maximum absolute atomic E-state index is 9.10. The predicted molar refractivity (Wildman–Crippen MR) is 36.3 cm³/mol. The van der Waals surface area contributed by atoms with E-state index in [9.17, 15) is 0 Å². The van der Waals surface area contributed by atoms with Crippen molar-refractivity contribution in [2.45, 2.75) is 0 Å². The summed E-state index contributed by atoms with van der Waals surface area (Å²) in [5.41, 5.74) is 0. The number of carboxylic acid groups (broad SMARTS) is 2. The van der Waals surface area contributed by atoms with Gasteiger partial charge in [-0.3, -0.25) is 0 Å². The van der Waals surface area contributed by atoms with Crippen LogP contribution in [0.3, 0.4) is 0 Å². The Morgan fingerprint density at radius 2 is 1.11 bits per heavy atom. The van der Waals surface area contributed by atoms with Crippen LogP contribution in [0, 0.1) is 0 Å². The molecule has 0 radical (unpaired) electrons. The van der Waals surface area contributed by atoms with E-state index >= 15 is 0 Å². The molecule has 0 aromatic rings. The quantitative estimate of drug-likeness (QED) is 0.294.